The van der Waals surface area contributed by atoms with E-state index in [4.69, 9.17) is 16.3 Å². The summed E-state index contributed by atoms with van der Waals surface area (Å²) in [6, 6.07) is 15.5. The van der Waals surface area contributed by atoms with E-state index in [1.54, 1.807) is 11.8 Å². The zero-order valence-electron chi connectivity index (χ0n) is 13.0. The van der Waals surface area contributed by atoms with Crippen LogP contribution in [0.15, 0.2) is 52.9 Å². The van der Waals surface area contributed by atoms with Gasteiger partial charge in [0.15, 0.2) is 4.34 Å². The zero-order chi connectivity index (χ0) is 16.8. The molecule has 0 saturated heterocycles. The van der Waals surface area contributed by atoms with Crippen molar-refractivity contribution in [3.8, 4) is 5.75 Å². The van der Waals surface area contributed by atoms with E-state index < -0.39 is 0 Å². The number of aromatic nitrogens is 2. The van der Waals surface area contributed by atoms with Crippen LogP contribution in [-0.4, -0.2) is 22.6 Å². The summed E-state index contributed by atoms with van der Waals surface area (Å²) in [6.45, 7) is 2.67. The predicted molar refractivity (Wildman–Crippen MR) is 102 cm³/mol. The molecule has 0 fully saturated rings. The van der Waals surface area contributed by atoms with Gasteiger partial charge in [-0.2, -0.15) is 0 Å². The average molecular weight is 378 g/mol. The second kappa shape index (κ2) is 8.37. The number of aryl methyl sites for hydroxylation is 1. The summed E-state index contributed by atoms with van der Waals surface area (Å²) < 4.78 is 6.58. The highest BCUT2D eigenvalue weighted by Crippen LogP contribution is 2.27. The lowest BCUT2D eigenvalue weighted by Crippen LogP contribution is -1.99. The minimum Gasteiger partial charge on any atom is -0.493 e. The second-order valence-electron chi connectivity index (χ2n) is 5.01. The Balaban J connectivity index is 1.44. The zero-order valence-corrected chi connectivity index (χ0v) is 15.4. The van der Waals surface area contributed by atoms with Crippen molar-refractivity contribution in [2.45, 2.75) is 11.3 Å². The fourth-order valence-corrected chi connectivity index (χ4v) is 3.68. The monoisotopic (exact) mass is 377 g/mol. The Kier molecular flexibility index (Phi) is 5.96. The first kappa shape index (κ1) is 17.1. The molecule has 1 N–H and O–H groups in total. The number of benzene rings is 2. The molecule has 1 heterocycles. The van der Waals surface area contributed by atoms with E-state index in [9.17, 15) is 0 Å². The van der Waals surface area contributed by atoms with Gasteiger partial charge in [0, 0.05) is 16.5 Å². The molecule has 3 rings (SSSR count). The van der Waals surface area contributed by atoms with Crippen LogP contribution in [0.4, 0.5) is 10.8 Å². The van der Waals surface area contributed by atoms with Crippen LogP contribution in [0.25, 0.3) is 0 Å². The number of nitrogens with one attached hydrogen (secondary N) is 1. The highest BCUT2D eigenvalue weighted by atomic mass is 35.5. The minimum absolute atomic E-state index is 0.604. The predicted octanol–water partition coefficient (Wildman–Crippen LogP) is 5.41. The maximum atomic E-state index is 5.84. The van der Waals surface area contributed by atoms with E-state index >= 15 is 0 Å². The van der Waals surface area contributed by atoms with Gasteiger partial charge in [0.2, 0.25) is 5.13 Å². The van der Waals surface area contributed by atoms with Crippen LogP contribution in [0.5, 0.6) is 5.75 Å². The Bertz CT molecular complexity index is 775. The summed E-state index contributed by atoms with van der Waals surface area (Å²) in [5.41, 5.74) is 2.24. The van der Waals surface area contributed by atoms with Crippen LogP contribution in [0.2, 0.25) is 5.02 Å². The molecule has 7 heteroatoms. The molecule has 0 aliphatic rings. The standard InChI is InChI=1S/C17H16ClN3OS2/c1-12-2-6-14(7-3-12)19-16-20-21-17(24-16)23-11-10-22-15-8-4-13(18)5-9-15/h2-9H,10-11H2,1H3,(H,19,20). The lowest BCUT2D eigenvalue weighted by molar-refractivity contribution is 0.344. The van der Waals surface area contributed by atoms with Crippen molar-refractivity contribution < 1.29 is 4.74 Å². The van der Waals surface area contributed by atoms with Crippen LogP contribution in [0.3, 0.4) is 0 Å². The third-order valence-electron chi connectivity index (χ3n) is 3.10. The van der Waals surface area contributed by atoms with Gasteiger partial charge in [-0.05, 0) is 43.3 Å². The van der Waals surface area contributed by atoms with E-state index in [1.165, 1.54) is 16.9 Å². The van der Waals surface area contributed by atoms with Crippen molar-refractivity contribution >= 4 is 45.5 Å². The van der Waals surface area contributed by atoms with Gasteiger partial charge >= 0.3 is 0 Å². The molecule has 2 aromatic carbocycles. The molecule has 0 unspecified atom stereocenters. The maximum absolute atomic E-state index is 5.84. The van der Waals surface area contributed by atoms with Crippen molar-refractivity contribution in [1.82, 2.24) is 10.2 Å². The van der Waals surface area contributed by atoms with Gasteiger partial charge in [0.05, 0.1) is 6.61 Å². The van der Waals surface area contributed by atoms with Crippen LogP contribution in [-0.2, 0) is 0 Å². The summed E-state index contributed by atoms with van der Waals surface area (Å²) in [4.78, 5) is 0. The number of hydrogen-bond donors (Lipinski definition) is 1. The molecule has 0 aliphatic heterocycles. The molecule has 0 aliphatic carbocycles. The van der Waals surface area contributed by atoms with Crippen LogP contribution in [0, 0.1) is 6.92 Å². The number of rotatable bonds is 7. The van der Waals surface area contributed by atoms with Crippen LogP contribution in [0.1, 0.15) is 5.56 Å². The molecule has 124 valence electrons. The Morgan fingerprint density at radius 3 is 2.58 bits per heavy atom. The SMILES string of the molecule is Cc1ccc(Nc2nnc(SCCOc3ccc(Cl)cc3)s2)cc1. The average Bonchev–Trinajstić information content (AvgIpc) is 3.03. The third-order valence-corrected chi connectivity index (χ3v) is 5.29. The third kappa shape index (κ3) is 5.12. The summed E-state index contributed by atoms with van der Waals surface area (Å²) in [5, 5.41) is 13.1. The number of hydrogen-bond acceptors (Lipinski definition) is 6. The van der Waals surface area contributed by atoms with Crippen molar-refractivity contribution in [1.29, 1.82) is 0 Å². The number of halogens is 1. The summed E-state index contributed by atoms with van der Waals surface area (Å²) >= 11 is 9.01. The minimum atomic E-state index is 0.604. The molecule has 0 bridgehead atoms. The number of thioether (sulfide) groups is 1. The number of anilines is 2. The first-order chi connectivity index (χ1) is 11.7. The highest BCUT2D eigenvalue weighted by molar-refractivity contribution is 8.01. The van der Waals surface area contributed by atoms with E-state index in [-0.39, 0.29) is 0 Å². The molecular weight excluding hydrogens is 362 g/mol. The summed E-state index contributed by atoms with van der Waals surface area (Å²) in [5.74, 6) is 1.63. The van der Waals surface area contributed by atoms with Crippen molar-refractivity contribution in [2.24, 2.45) is 0 Å². The van der Waals surface area contributed by atoms with Crippen LogP contribution < -0.4 is 10.1 Å². The molecule has 24 heavy (non-hydrogen) atoms. The van der Waals surface area contributed by atoms with Gasteiger partial charge in [-0.25, -0.2) is 0 Å². The molecule has 0 radical (unpaired) electrons. The molecule has 0 amide bonds. The van der Waals surface area contributed by atoms with Gasteiger partial charge in [-0.15, -0.1) is 10.2 Å². The van der Waals surface area contributed by atoms with Gasteiger partial charge in [0.1, 0.15) is 5.75 Å². The fourth-order valence-electron chi connectivity index (χ4n) is 1.90. The van der Waals surface area contributed by atoms with Crippen molar-refractivity contribution in [3.63, 3.8) is 0 Å². The van der Waals surface area contributed by atoms with Crippen molar-refractivity contribution in [3.05, 3.63) is 59.1 Å². The first-order valence-electron chi connectivity index (χ1n) is 7.37. The van der Waals surface area contributed by atoms with E-state index in [0.29, 0.717) is 11.6 Å². The maximum Gasteiger partial charge on any atom is 0.210 e. The Hall–Kier alpha value is -1.76. The molecule has 4 nitrogen and oxygen atoms in total. The highest BCUT2D eigenvalue weighted by Gasteiger charge is 2.05. The fraction of sp³-hybridized carbons (Fsp3) is 0.176. The molecule has 3 aromatic rings. The van der Waals surface area contributed by atoms with Gasteiger partial charge < -0.3 is 10.1 Å². The lowest BCUT2D eigenvalue weighted by atomic mass is 10.2. The van der Waals surface area contributed by atoms with Gasteiger partial charge in [-0.3, -0.25) is 0 Å². The molecular formula is C17H16ClN3OS2. The summed E-state index contributed by atoms with van der Waals surface area (Å²) in [7, 11) is 0. The van der Waals surface area contributed by atoms with Gasteiger partial charge in [-0.1, -0.05) is 52.4 Å². The summed E-state index contributed by atoms with van der Waals surface area (Å²) in [6.07, 6.45) is 0. The quantitative estimate of drug-likeness (QED) is 0.440. The second-order valence-corrected chi connectivity index (χ2v) is 7.77. The Morgan fingerprint density at radius 1 is 1.08 bits per heavy atom. The van der Waals surface area contributed by atoms with E-state index in [2.05, 4.69) is 34.6 Å². The molecule has 1 aromatic heterocycles. The normalized spacial score (nSPS) is 10.6. The van der Waals surface area contributed by atoms with Crippen LogP contribution >= 0.6 is 34.7 Å². The molecule has 0 atom stereocenters. The Labute approximate surface area is 154 Å². The largest absolute Gasteiger partial charge is 0.493 e. The van der Waals surface area contributed by atoms with E-state index in [1.807, 2.05) is 36.4 Å². The lowest BCUT2D eigenvalue weighted by Gasteiger charge is -2.04. The topological polar surface area (TPSA) is 47.0 Å². The first-order valence-corrected chi connectivity index (χ1v) is 9.55. The number of nitrogens with zero attached hydrogens (tertiary/aromatic N) is 2. The smallest absolute Gasteiger partial charge is 0.210 e. The van der Waals surface area contributed by atoms with E-state index in [0.717, 1.165) is 26.7 Å². The molecule has 0 saturated carbocycles. The molecule has 0 spiro atoms. The Morgan fingerprint density at radius 2 is 1.83 bits per heavy atom. The van der Waals surface area contributed by atoms with Crippen molar-refractivity contribution in [2.75, 3.05) is 17.7 Å². The van der Waals surface area contributed by atoms with Gasteiger partial charge in [0.25, 0.3) is 0 Å². The number of ether oxygens (including phenoxy) is 1.